The van der Waals surface area contributed by atoms with Gasteiger partial charge in [0.05, 0.1) is 4.90 Å². The molecule has 1 amide bonds. The standard InChI is InChI=1S/C19H20ClFN2O4S/c1-14(27-17-4-2-3-15(20)13-17)19(24)22-9-11-23(12-10-22)28(25,26)18-7-5-16(21)6-8-18/h2-8,13-14H,9-12H2,1H3. The molecule has 1 aliphatic heterocycles. The van der Waals surface area contributed by atoms with Gasteiger partial charge in [-0.1, -0.05) is 17.7 Å². The predicted octanol–water partition coefficient (Wildman–Crippen LogP) is 2.78. The van der Waals surface area contributed by atoms with Crippen LogP contribution < -0.4 is 4.74 Å². The van der Waals surface area contributed by atoms with Crippen LogP contribution in [0.15, 0.2) is 53.4 Å². The largest absolute Gasteiger partial charge is 0.481 e. The summed E-state index contributed by atoms with van der Waals surface area (Å²) in [6, 6.07) is 11.5. The number of piperazine rings is 1. The van der Waals surface area contributed by atoms with Crippen molar-refractivity contribution in [2.45, 2.75) is 17.9 Å². The summed E-state index contributed by atoms with van der Waals surface area (Å²) >= 11 is 5.92. The maximum absolute atomic E-state index is 13.0. The maximum Gasteiger partial charge on any atom is 0.263 e. The van der Waals surface area contributed by atoms with Gasteiger partial charge in [0.15, 0.2) is 6.10 Å². The molecule has 3 rings (SSSR count). The molecule has 150 valence electrons. The minimum Gasteiger partial charge on any atom is -0.481 e. The van der Waals surface area contributed by atoms with Crippen LogP contribution in [-0.2, 0) is 14.8 Å². The summed E-state index contributed by atoms with van der Waals surface area (Å²) in [5.74, 6) is -0.229. The van der Waals surface area contributed by atoms with Crippen LogP contribution in [0.25, 0.3) is 0 Å². The number of sulfonamides is 1. The van der Waals surface area contributed by atoms with E-state index in [2.05, 4.69) is 0 Å². The minimum atomic E-state index is -3.72. The number of halogens is 2. The molecule has 1 unspecified atom stereocenters. The topological polar surface area (TPSA) is 66.9 Å². The van der Waals surface area contributed by atoms with Gasteiger partial charge in [-0.2, -0.15) is 4.31 Å². The van der Waals surface area contributed by atoms with E-state index in [0.717, 1.165) is 12.1 Å². The molecule has 1 aliphatic rings. The quantitative estimate of drug-likeness (QED) is 0.737. The van der Waals surface area contributed by atoms with Crippen LogP contribution >= 0.6 is 11.6 Å². The van der Waals surface area contributed by atoms with Gasteiger partial charge in [-0.25, -0.2) is 12.8 Å². The van der Waals surface area contributed by atoms with Gasteiger partial charge in [-0.3, -0.25) is 4.79 Å². The average Bonchev–Trinajstić information content (AvgIpc) is 2.68. The number of benzene rings is 2. The maximum atomic E-state index is 13.0. The predicted molar refractivity (Wildman–Crippen MR) is 103 cm³/mol. The van der Waals surface area contributed by atoms with Crippen LogP contribution in [0.4, 0.5) is 4.39 Å². The third-order valence-corrected chi connectivity index (χ3v) is 6.61. The first-order valence-corrected chi connectivity index (χ1v) is 10.6. The lowest BCUT2D eigenvalue weighted by Crippen LogP contribution is -2.53. The zero-order chi connectivity index (χ0) is 20.3. The van der Waals surface area contributed by atoms with Crippen LogP contribution in [0.3, 0.4) is 0 Å². The lowest BCUT2D eigenvalue weighted by atomic mass is 10.2. The van der Waals surface area contributed by atoms with E-state index >= 15 is 0 Å². The molecule has 0 bridgehead atoms. The van der Waals surface area contributed by atoms with E-state index in [-0.39, 0.29) is 37.0 Å². The van der Waals surface area contributed by atoms with E-state index in [0.29, 0.717) is 10.8 Å². The van der Waals surface area contributed by atoms with Gasteiger partial charge in [-0.15, -0.1) is 0 Å². The molecule has 1 heterocycles. The summed E-state index contributed by atoms with van der Waals surface area (Å²) in [6.45, 7) is 2.47. The summed E-state index contributed by atoms with van der Waals surface area (Å²) in [7, 11) is -3.72. The van der Waals surface area contributed by atoms with Crippen molar-refractivity contribution in [2.75, 3.05) is 26.2 Å². The van der Waals surface area contributed by atoms with Crippen molar-refractivity contribution >= 4 is 27.5 Å². The molecule has 0 saturated carbocycles. The van der Waals surface area contributed by atoms with Crippen LogP contribution in [0, 0.1) is 5.82 Å². The Morgan fingerprint density at radius 2 is 1.75 bits per heavy atom. The van der Waals surface area contributed by atoms with E-state index in [4.69, 9.17) is 16.3 Å². The molecule has 0 aromatic heterocycles. The van der Waals surface area contributed by atoms with Crippen molar-refractivity contribution in [3.8, 4) is 5.75 Å². The summed E-state index contributed by atoms with van der Waals surface area (Å²) < 4.78 is 45.3. The summed E-state index contributed by atoms with van der Waals surface area (Å²) in [5, 5.41) is 0.511. The second kappa shape index (κ2) is 8.46. The molecule has 1 saturated heterocycles. The fourth-order valence-corrected chi connectivity index (χ4v) is 4.56. The second-order valence-electron chi connectivity index (χ2n) is 6.40. The van der Waals surface area contributed by atoms with Crippen molar-refractivity contribution in [3.63, 3.8) is 0 Å². The molecule has 0 aliphatic carbocycles. The number of carbonyl (C=O) groups is 1. The van der Waals surface area contributed by atoms with Crippen molar-refractivity contribution in [1.82, 2.24) is 9.21 Å². The molecule has 0 spiro atoms. The van der Waals surface area contributed by atoms with Crippen molar-refractivity contribution < 1.29 is 22.3 Å². The van der Waals surface area contributed by atoms with Gasteiger partial charge in [0.1, 0.15) is 11.6 Å². The lowest BCUT2D eigenvalue weighted by molar-refractivity contribution is -0.139. The Bertz CT molecular complexity index is 945. The zero-order valence-electron chi connectivity index (χ0n) is 15.2. The van der Waals surface area contributed by atoms with Crippen molar-refractivity contribution in [1.29, 1.82) is 0 Å². The number of rotatable bonds is 5. The first-order chi connectivity index (χ1) is 13.3. The Hall–Kier alpha value is -2.16. The fourth-order valence-electron chi connectivity index (χ4n) is 2.96. The van der Waals surface area contributed by atoms with E-state index < -0.39 is 21.9 Å². The highest BCUT2D eigenvalue weighted by Gasteiger charge is 2.32. The van der Waals surface area contributed by atoms with E-state index in [1.54, 1.807) is 36.1 Å². The van der Waals surface area contributed by atoms with Gasteiger partial charge >= 0.3 is 0 Å². The van der Waals surface area contributed by atoms with Gasteiger partial charge < -0.3 is 9.64 Å². The highest BCUT2D eigenvalue weighted by molar-refractivity contribution is 7.89. The third-order valence-electron chi connectivity index (χ3n) is 4.46. The van der Waals surface area contributed by atoms with Crippen molar-refractivity contribution in [2.24, 2.45) is 0 Å². The molecule has 2 aromatic rings. The Labute approximate surface area is 168 Å². The van der Waals surface area contributed by atoms with Crippen molar-refractivity contribution in [3.05, 3.63) is 59.4 Å². The number of carbonyl (C=O) groups excluding carboxylic acids is 1. The first-order valence-electron chi connectivity index (χ1n) is 8.74. The third kappa shape index (κ3) is 4.63. The molecule has 0 N–H and O–H groups in total. The molecule has 2 aromatic carbocycles. The molecule has 1 atom stereocenters. The Balaban J connectivity index is 1.59. The number of nitrogens with zero attached hydrogens (tertiary/aromatic N) is 2. The smallest absolute Gasteiger partial charge is 0.263 e. The van der Waals surface area contributed by atoms with Crippen LogP contribution in [0.2, 0.25) is 5.02 Å². The van der Waals surface area contributed by atoms with E-state index in [1.165, 1.54) is 16.4 Å². The molecular formula is C19H20ClFN2O4S. The Kier molecular flexibility index (Phi) is 6.22. The summed E-state index contributed by atoms with van der Waals surface area (Å²) in [6.07, 6.45) is -0.723. The SMILES string of the molecule is CC(Oc1cccc(Cl)c1)C(=O)N1CCN(S(=O)(=O)c2ccc(F)cc2)CC1. The lowest BCUT2D eigenvalue weighted by Gasteiger charge is -2.35. The van der Waals surface area contributed by atoms with E-state index in [1.807, 2.05) is 0 Å². The van der Waals surface area contributed by atoms with Gasteiger partial charge in [0, 0.05) is 31.2 Å². The summed E-state index contributed by atoms with van der Waals surface area (Å²) in [4.78, 5) is 14.2. The van der Waals surface area contributed by atoms with Gasteiger partial charge in [0.25, 0.3) is 5.91 Å². The molecule has 28 heavy (non-hydrogen) atoms. The number of amides is 1. The number of hydrogen-bond acceptors (Lipinski definition) is 4. The first kappa shape index (κ1) is 20.6. The van der Waals surface area contributed by atoms with E-state index in [9.17, 15) is 17.6 Å². The zero-order valence-corrected chi connectivity index (χ0v) is 16.8. The van der Waals surface area contributed by atoms with Crippen LogP contribution in [-0.4, -0.2) is 55.8 Å². The van der Waals surface area contributed by atoms with Crippen LogP contribution in [0.5, 0.6) is 5.75 Å². The van der Waals surface area contributed by atoms with Gasteiger partial charge in [-0.05, 0) is 49.4 Å². The number of hydrogen-bond donors (Lipinski definition) is 0. The molecule has 0 radical (unpaired) electrons. The highest BCUT2D eigenvalue weighted by atomic mass is 35.5. The number of ether oxygens (including phenoxy) is 1. The minimum absolute atomic E-state index is 0.0336. The fraction of sp³-hybridized carbons (Fsp3) is 0.316. The Morgan fingerprint density at radius 1 is 1.11 bits per heavy atom. The molecule has 9 heteroatoms. The average molecular weight is 427 g/mol. The Morgan fingerprint density at radius 3 is 2.36 bits per heavy atom. The monoisotopic (exact) mass is 426 g/mol. The summed E-state index contributed by atoms with van der Waals surface area (Å²) in [5.41, 5.74) is 0. The second-order valence-corrected chi connectivity index (χ2v) is 8.78. The molecule has 1 fully saturated rings. The van der Waals surface area contributed by atoms with Crippen LogP contribution in [0.1, 0.15) is 6.92 Å². The highest BCUT2D eigenvalue weighted by Crippen LogP contribution is 2.21. The molecular weight excluding hydrogens is 407 g/mol. The molecule has 6 nitrogen and oxygen atoms in total. The normalized spacial score (nSPS) is 16.6. The van der Waals surface area contributed by atoms with Gasteiger partial charge in [0.2, 0.25) is 10.0 Å².